The molecule has 0 aromatic rings. The van der Waals surface area contributed by atoms with Crippen LogP contribution in [0.15, 0.2) is 0 Å². The first-order valence-electron chi connectivity index (χ1n) is 5.75. The molecular formula is C11H23N3S. The van der Waals surface area contributed by atoms with E-state index in [1.54, 1.807) is 0 Å². The summed E-state index contributed by atoms with van der Waals surface area (Å²) < 4.78 is 0. The van der Waals surface area contributed by atoms with Gasteiger partial charge in [0.1, 0.15) is 0 Å². The zero-order valence-corrected chi connectivity index (χ0v) is 10.8. The Labute approximate surface area is 97.3 Å². The van der Waals surface area contributed by atoms with Crippen LogP contribution in [-0.4, -0.2) is 40.4 Å². The summed E-state index contributed by atoms with van der Waals surface area (Å²) in [6.07, 6.45) is 1.81. The fourth-order valence-electron chi connectivity index (χ4n) is 2.30. The number of nitrogens with zero attached hydrogens (tertiary/aromatic N) is 1. The Bertz CT molecular complexity index is 210. The van der Waals surface area contributed by atoms with Gasteiger partial charge in [0.05, 0.1) is 5.84 Å². The minimum absolute atomic E-state index is 0.320. The summed E-state index contributed by atoms with van der Waals surface area (Å²) in [5.74, 6) is 0.320. The van der Waals surface area contributed by atoms with Gasteiger partial charge in [-0.05, 0) is 6.42 Å². The molecule has 3 unspecified atom stereocenters. The number of nitrogens with two attached hydrogens (primary N) is 1. The zero-order valence-electron chi connectivity index (χ0n) is 9.99. The Kier molecular flexibility index (Phi) is 4.93. The van der Waals surface area contributed by atoms with Crippen molar-refractivity contribution in [3.8, 4) is 0 Å². The summed E-state index contributed by atoms with van der Waals surface area (Å²) in [5.41, 5.74) is 5.50. The van der Waals surface area contributed by atoms with Crippen LogP contribution >= 0.6 is 11.8 Å². The maximum absolute atomic E-state index is 7.39. The second kappa shape index (κ2) is 5.75. The summed E-state index contributed by atoms with van der Waals surface area (Å²) in [6, 6.07) is 0.466. The molecule has 0 aromatic carbocycles. The van der Waals surface area contributed by atoms with E-state index in [4.69, 9.17) is 11.1 Å². The minimum atomic E-state index is 0.320. The molecule has 1 aliphatic heterocycles. The third-order valence-corrected chi connectivity index (χ3v) is 4.12. The van der Waals surface area contributed by atoms with E-state index in [2.05, 4.69) is 37.4 Å². The molecule has 0 aromatic heterocycles. The first-order valence-corrected chi connectivity index (χ1v) is 6.69. The Morgan fingerprint density at radius 2 is 2.00 bits per heavy atom. The largest absolute Gasteiger partial charge is 0.388 e. The number of nitrogens with one attached hydrogen (secondary N) is 1. The SMILES string of the molecule is CCC(CC(=N)N)N1CC(C)SC(C)C1. The lowest BCUT2D eigenvalue weighted by molar-refractivity contribution is 0.192. The Morgan fingerprint density at radius 3 is 2.40 bits per heavy atom. The average molecular weight is 229 g/mol. The van der Waals surface area contributed by atoms with Crippen LogP contribution in [0.3, 0.4) is 0 Å². The third kappa shape index (κ3) is 4.03. The highest BCUT2D eigenvalue weighted by Gasteiger charge is 2.27. The van der Waals surface area contributed by atoms with Crippen LogP contribution in [0.25, 0.3) is 0 Å². The molecule has 1 rings (SSSR count). The van der Waals surface area contributed by atoms with Gasteiger partial charge in [-0.15, -0.1) is 0 Å². The summed E-state index contributed by atoms with van der Waals surface area (Å²) in [4.78, 5) is 2.51. The second-order valence-corrected chi connectivity index (χ2v) is 6.38. The number of thioether (sulfide) groups is 1. The van der Waals surface area contributed by atoms with Crippen LogP contribution in [-0.2, 0) is 0 Å². The lowest BCUT2D eigenvalue weighted by atomic mass is 10.1. The Balaban J connectivity index is 2.54. The van der Waals surface area contributed by atoms with Crippen LogP contribution < -0.4 is 5.73 Å². The molecule has 1 fully saturated rings. The summed E-state index contributed by atoms with van der Waals surface area (Å²) in [5, 5.41) is 8.80. The van der Waals surface area contributed by atoms with Crippen molar-refractivity contribution in [2.45, 2.75) is 50.2 Å². The number of hydrogen-bond acceptors (Lipinski definition) is 3. The summed E-state index contributed by atoms with van der Waals surface area (Å²) in [6.45, 7) is 9.04. The van der Waals surface area contributed by atoms with Crippen LogP contribution in [0.1, 0.15) is 33.6 Å². The van der Waals surface area contributed by atoms with E-state index in [0.717, 1.165) is 25.9 Å². The topological polar surface area (TPSA) is 53.1 Å². The lowest BCUT2D eigenvalue weighted by Gasteiger charge is -2.39. The van der Waals surface area contributed by atoms with Crippen LogP contribution in [0.2, 0.25) is 0 Å². The van der Waals surface area contributed by atoms with E-state index in [0.29, 0.717) is 22.4 Å². The molecule has 3 nitrogen and oxygen atoms in total. The maximum Gasteiger partial charge on any atom is 0.0921 e. The minimum Gasteiger partial charge on any atom is -0.388 e. The van der Waals surface area contributed by atoms with Gasteiger partial charge in [0.15, 0.2) is 0 Å². The van der Waals surface area contributed by atoms with Crippen LogP contribution in [0, 0.1) is 5.41 Å². The van der Waals surface area contributed by atoms with Crippen molar-refractivity contribution >= 4 is 17.6 Å². The highest BCUT2D eigenvalue weighted by atomic mass is 32.2. The molecule has 0 saturated carbocycles. The van der Waals surface area contributed by atoms with Crippen molar-refractivity contribution in [3.63, 3.8) is 0 Å². The molecule has 0 radical (unpaired) electrons. The molecule has 4 heteroatoms. The summed E-state index contributed by atoms with van der Waals surface area (Å²) >= 11 is 2.07. The van der Waals surface area contributed by atoms with Gasteiger partial charge in [0.2, 0.25) is 0 Å². The van der Waals surface area contributed by atoms with E-state index in [1.165, 1.54) is 0 Å². The van der Waals surface area contributed by atoms with Crippen molar-refractivity contribution in [1.82, 2.24) is 4.90 Å². The molecule has 88 valence electrons. The molecule has 15 heavy (non-hydrogen) atoms. The molecule has 3 N–H and O–H groups in total. The van der Waals surface area contributed by atoms with Gasteiger partial charge < -0.3 is 5.73 Å². The maximum atomic E-state index is 7.39. The predicted molar refractivity (Wildman–Crippen MR) is 68.7 cm³/mol. The molecule has 1 heterocycles. The molecule has 1 aliphatic rings. The van der Waals surface area contributed by atoms with Crippen molar-refractivity contribution in [2.75, 3.05) is 13.1 Å². The van der Waals surface area contributed by atoms with Gasteiger partial charge in [0, 0.05) is 36.1 Å². The van der Waals surface area contributed by atoms with Crippen LogP contribution in [0.4, 0.5) is 0 Å². The number of hydrogen-bond donors (Lipinski definition) is 2. The molecule has 0 aliphatic carbocycles. The van der Waals surface area contributed by atoms with Crippen molar-refractivity contribution in [2.24, 2.45) is 5.73 Å². The van der Waals surface area contributed by atoms with Crippen molar-refractivity contribution < 1.29 is 0 Å². The third-order valence-electron chi connectivity index (χ3n) is 2.89. The van der Waals surface area contributed by atoms with Gasteiger partial charge in [-0.25, -0.2) is 0 Å². The van der Waals surface area contributed by atoms with E-state index in [9.17, 15) is 0 Å². The first-order chi connectivity index (χ1) is 7.02. The zero-order chi connectivity index (χ0) is 11.4. The Morgan fingerprint density at radius 1 is 1.47 bits per heavy atom. The number of rotatable bonds is 4. The van der Waals surface area contributed by atoms with E-state index in [1.807, 2.05) is 0 Å². The van der Waals surface area contributed by atoms with Gasteiger partial charge in [-0.3, -0.25) is 10.3 Å². The highest BCUT2D eigenvalue weighted by molar-refractivity contribution is 8.00. The fraction of sp³-hybridized carbons (Fsp3) is 0.909. The number of amidine groups is 1. The molecule has 0 amide bonds. The van der Waals surface area contributed by atoms with Gasteiger partial charge in [0.25, 0.3) is 0 Å². The van der Waals surface area contributed by atoms with E-state index >= 15 is 0 Å². The monoisotopic (exact) mass is 229 g/mol. The molecular weight excluding hydrogens is 206 g/mol. The summed E-state index contributed by atoms with van der Waals surface area (Å²) in [7, 11) is 0. The predicted octanol–water partition coefficient (Wildman–Crippen LogP) is 1.92. The lowest BCUT2D eigenvalue weighted by Crippen LogP contribution is -2.47. The van der Waals surface area contributed by atoms with Crippen LogP contribution in [0.5, 0.6) is 0 Å². The molecule has 3 atom stereocenters. The molecule has 0 spiro atoms. The molecule has 0 bridgehead atoms. The highest BCUT2D eigenvalue weighted by Crippen LogP contribution is 2.27. The second-order valence-electron chi connectivity index (χ2n) is 4.50. The average Bonchev–Trinajstić information content (AvgIpc) is 2.12. The van der Waals surface area contributed by atoms with Crippen molar-refractivity contribution in [1.29, 1.82) is 5.41 Å². The molecule has 1 saturated heterocycles. The van der Waals surface area contributed by atoms with Crippen molar-refractivity contribution in [3.05, 3.63) is 0 Å². The standard InChI is InChI=1S/C11H23N3S/c1-4-10(5-11(12)13)14-6-8(2)15-9(3)7-14/h8-10H,4-7H2,1-3H3,(H3,12,13). The first kappa shape index (κ1) is 12.8. The quantitative estimate of drug-likeness (QED) is 0.572. The van der Waals surface area contributed by atoms with E-state index in [-0.39, 0.29) is 0 Å². The normalized spacial score (nSPS) is 30.1. The van der Waals surface area contributed by atoms with Gasteiger partial charge in [-0.1, -0.05) is 20.8 Å². The van der Waals surface area contributed by atoms with Gasteiger partial charge >= 0.3 is 0 Å². The van der Waals surface area contributed by atoms with E-state index < -0.39 is 0 Å². The fourth-order valence-corrected chi connectivity index (χ4v) is 3.65. The van der Waals surface area contributed by atoms with Gasteiger partial charge in [-0.2, -0.15) is 11.8 Å². The Hall–Kier alpha value is -0.220. The smallest absolute Gasteiger partial charge is 0.0921 e.